The van der Waals surface area contributed by atoms with Gasteiger partial charge in [0.05, 0.1) is 0 Å². The summed E-state index contributed by atoms with van der Waals surface area (Å²) in [4.78, 5) is 19.6. The molecule has 0 unspecified atom stereocenters. The first kappa shape index (κ1) is 16.8. The highest BCUT2D eigenvalue weighted by atomic mass is 16.5. The summed E-state index contributed by atoms with van der Waals surface area (Å²) < 4.78 is 5.03. The number of methoxy groups -OCH3 is 1. The minimum atomic E-state index is -0.250. The van der Waals surface area contributed by atoms with Gasteiger partial charge < -0.3 is 9.84 Å². The van der Waals surface area contributed by atoms with Crippen molar-refractivity contribution in [2.75, 3.05) is 20.2 Å². The average Bonchev–Trinajstić information content (AvgIpc) is 2.50. The summed E-state index contributed by atoms with van der Waals surface area (Å²) in [6.07, 6.45) is 9.65. The molecule has 2 heterocycles. The Morgan fingerprint density at radius 3 is 2.45 bits per heavy atom. The van der Waals surface area contributed by atoms with Gasteiger partial charge >= 0.3 is 0 Å². The number of aromatic nitrogens is 2. The largest absolute Gasteiger partial charge is 0.483 e. The summed E-state index contributed by atoms with van der Waals surface area (Å²) in [6.45, 7) is 3.76. The number of hydrogen-bond donors (Lipinski definition) is 1. The molecule has 1 aliphatic carbocycles. The lowest BCUT2D eigenvalue weighted by Crippen LogP contribution is -2.42. The van der Waals surface area contributed by atoms with Crippen molar-refractivity contribution in [1.29, 1.82) is 0 Å². The van der Waals surface area contributed by atoms with Gasteiger partial charge in [-0.1, -0.05) is 6.42 Å². The Bertz CT molecular complexity index is 440. The molecule has 1 aliphatic heterocycles. The molecule has 1 aromatic heterocycles. The Kier molecular flexibility index (Phi) is 6.74. The van der Waals surface area contributed by atoms with Crippen LogP contribution in [0.5, 0.6) is 0 Å². The second-order valence-electron chi connectivity index (χ2n) is 6.14. The van der Waals surface area contributed by atoms with E-state index in [1.54, 1.807) is 7.11 Å². The Balaban J connectivity index is 0.000000545. The second kappa shape index (κ2) is 8.80. The molecule has 0 spiro atoms. The van der Waals surface area contributed by atoms with Gasteiger partial charge in [-0.3, -0.25) is 9.69 Å². The SMILES string of the molecule is COCc1ncc(CN2C[C@H]3CCC[C@@H](C3)C2)cn1.O=CO. The first-order chi connectivity index (χ1) is 10.7. The van der Waals surface area contributed by atoms with Crippen LogP contribution in [-0.2, 0) is 22.7 Å². The molecule has 122 valence electrons. The lowest BCUT2D eigenvalue weighted by Gasteiger charge is -2.41. The van der Waals surface area contributed by atoms with Crippen LogP contribution < -0.4 is 0 Å². The van der Waals surface area contributed by atoms with Crippen molar-refractivity contribution in [2.24, 2.45) is 11.8 Å². The Morgan fingerprint density at radius 2 is 1.91 bits per heavy atom. The zero-order chi connectivity index (χ0) is 15.8. The maximum Gasteiger partial charge on any atom is 0.290 e. The topological polar surface area (TPSA) is 75.5 Å². The summed E-state index contributed by atoms with van der Waals surface area (Å²) in [5.74, 6) is 2.63. The lowest BCUT2D eigenvalue weighted by molar-refractivity contribution is -0.122. The van der Waals surface area contributed by atoms with Crippen molar-refractivity contribution in [3.8, 4) is 0 Å². The molecule has 6 heteroatoms. The monoisotopic (exact) mass is 307 g/mol. The van der Waals surface area contributed by atoms with Crippen molar-refractivity contribution < 1.29 is 14.6 Å². The molecule has 1 aromatic rings. The molecular weight excluding hydrogens is 282 g/mol. The van der Waals surface area contributed by atoms with Gasteiger partial charge in [0.25, 0.3) is 6.47 Å². The van der Waals surface area contributed by atoms with E-state index in [0.29, 0.717) is 6.61 Å². The number of fused-ring (bicyclic) bond motifs is 2. The number of rotatable bonds is 4. The molecule has 1 saturated carbocycles. The number of likely N-dealkylation sites (tertiary alicyclic amines) is 1. The summed E-state index contributed by atoms with van der Waals surface area (Å²) >= 11 is 0. The van der Waals surface area contributed by atoms with Crippen molar-refractivity contribution in [2.45, 2.75) is 38.8 Å². The molecular formula is C16H25N3O3. The van der Waals surface area contributed by atoms with Crippen LogP contribution in [0.4, 0.5) is 0 Å². The van der Waals surface area contributed by atoms with Crippen LogP contribution in [0.25, 0.3) is 0 Å². The molecule has 2 atom stereocenters. The van der Waals surface area contributed by atoms with Gasteiger partial charge in [-0.2, -0.15) is 0 Å². The smallest absolute Gasteiger partial charge is 0.290 e. The van der Waals surface area contributed by atoms with E-state index < -0.39 is 0 Å². The summed E-state index contributed by atoms with van der Waals surface area (Å²) in [7, 11) is 1.67. The molecule has 2 fully saturated rings. The van der Waals surface area contributed by atoms with Gasteiger partial charge in [-0.25, -0.2) is 9.97 Å². The van der Waals surface area contributed by atoms with Gasteiger partial charge in [0.1, 0.15) is 6.61 Å². The Morgan fingerprint density at radius 1 is 1.32 bits per heavy atom. The molecule has 1 saturated heterocycles. The van der Waals surface area contributed by atoms with E-state index in [2.05, 4.69) is 14.9 Å². The number of nitrogens with zero attached hydrogens (tertiary/aromatic N) is 3. The van der Waals surface area contributed by atoms with E-state index in [1.165, 1.54) is 44.3 Å². The molecule has 0 aromatic carbocycles. The van der Waals surface area contributed by atoms with Gasteiger partial charge in [-0.15, -0.1) is 0 Å². The predicted octanol–water partition coefficient (Wildman–Crippen LogP) is 1.95. The molecule has 0 radical (unpaired) electrons. The highest BCUT2D eigenvalue weighted by molar-refractivity contribution is 5.32. The highest BCUT2D eigenvalue weighted by Gasteiger charge is 2.30. The number of carbonyl (C=O) groups is 1. The highest BCUT2D eigenvalue weighted by Crippen LogP contribution is 2.34. The van der Waals surface area contributed by atoms with Crippen LogP contribution in [0.2, 0.25) is 0 Å². The minimum absolute atomic E-state index is 0.250. The normalized spacial score (nSPS) is 24.2. The fourth-order valence-corrected chi connectivity index (χ4v) is 3.59. The molecule has 2 aliphatic rings. The lowest BCUT2D eigenvalue weighted by atomic mass is 9.78. The zero-order valence-corrected chi connectivity index (χ0v) is 13.1. The quantitative estimate of drug-likeness (QED) is 0.857. The van der Waals surface area contributed by atoms with Crippen LogP contribution in [0.3, 0.4) is 0 Å². The van der Waals surface area contributed by atoms with Crippen LogP contribution in [0.1, 0.15) is 37.1 Å². The van der Waals surface area contributed by atoms with E-state index >= 15 is 0 Å². The van der Waals surface area contributed by atoms with Gasteiger partial charge in [-0.05, 0) is 31.1 Å². The molecule has 1 N–H and O–H groups in total. The molecule has 22 heavy (non-hydrogen) atoms. The summed E-state index contributed by atoms with van der Waals surface area (Å²) in [5.41, 5.74) is 1.22. The third-order valence-corrected chi connectivity index (χ3v) is 4.36. The fraction of sp³-hybridized carbons (Fsp3) is 0.688. The van der Waals surface area contributed by atoms with Crippen LogP contribution >= 0.6 is 0 Å². The molecule has 0 amide bonds. The first-order valence-electron chi connectivity index (χ1n) is 7.84. The van der Waals surface area contributed by atoms with Crippen LogP contribution in [0, 0.1) is 11.8 Å². The van der Waals surface area contributed by atoms with Crippen LogP contribution in [-0.4, -0.2) is 46.6 Å². The number of carboxylic acid groups (broad SMARTS) is 1. The van der Waals surface area contributed by atoms with Crippen molar-refractivity contribution >= 4 is 6.47 Å². The van der Waals surface area contributed by atoms with Crippen molar-refractivity contribution in [3.05, 3.63) is 23.8 Å². The average molecular weight is 307 g/mol. The maximum atomic E-state index is 8.36. The van der Waals surface area contributed by atoms with E-state index in [0.717, 1.165) is 24.2 Å². The standard InChI is InChI=1S/C15H23N3O.CH2O2/c1-19-11-15-16-6-14(7-17-15)10-18-8-12-3-2-4-13(5-12)9-18;2-1-3/h6-7,12-13H,2-5,8-11H2,1H3;1H,(H,2,3)/t12-,13-;/m0./s1. The Hall–Kier alpha value is -1.53. The predicted molar refractivity (Wildman–Crippen MR) is 82.2 cm³/mol. The van der Waals surface area contributed by atoms with Crippen LogP contribution in [0.15, 0.2) is 12.4 Å². The van der Waals surface area contributed by atoms with Gasteiger partial charge in [0.15, 0.2) is 5.82 Å². The van der Waals surface area contributed by atoms with E-state index in [1.807, 2.05) is 12.4 Å². The van der Waals surface area contributed by atoms with E-state index in [4.69, 9.17) is 14.6 Å². The summed E-state index contributed by atoms with van der Waals surface area (Å²) in [6, 6.07) is 0. The first-order valence-corrected chi connectivity index (χ1v) is 7.84. The second-order valence-corrected chi connectivity index (χ2v) is 6.14. The van der Waals surface area contributed by atoms with Crippen molar-refractivity contribution in [3.63, 3.8) is 0 Å². The third kappa shape index (κ3) is 5.03. The molecule has 6 nitrogen and oxygen atoms in total. The summed E-state index contributed by atoms with van der Waals surface area (Å²) in [5, 5.41) is 6.89. The zero-order valence-electron chi connectivity index (χ0n) is 13.1. The van der Waals surface area contributed by atoms with E-state index in [9.17, 15) is 0 Å². The maximum absolute atomic E-state index is 8.36. The molecule has 3 rings (SSSR count). The van der Waals surface area contributed by atoms with Gasteiger partial charge in [0.2, 0.25) is 0 Å². The Labute approximate surface area is 131 Å². The number of piperidine rings is 1. The number of ether oxygens (including phenoxy) is 1. The fourth-order valence-electron chi connectivity index (χ4n) is 3.59. The van der Waals surface area contributed by atoms with E-state index in [-0.39, 0.29) is 6.47 Å². The minimum Gasteiger partial charge on any atom is -0.483 e. The van der Waals surface area contributed by atoms with Gasteiger partial charge in [0, 0.05) is 44.7 Å². The third-order valence-electron chi connectivity index (χ3n) is 4.36. The number of hydrogen-bond acceptors (Lipinski definition) is 5. The van der Waals surface area contributed by atoms with Crippen molar-refractivity contribution in [1.82, 2.24) is 14.9 Å². The molecule has 2 bridgehead atoms.